The van der Waals surface area contributed by atoms with Crippen LogP contribution in [0.1, 0.15) is 38.2 Å². The second-order valence-electron chi connectivity index (χ2n) is 8.64. The second kappa shape index (κ2) is 9.52. The lowest BCUT2D eigenvalue weighted by Gasteiger charge is -2.32. The number of methoxy groups -OCH3 is 1. The Bertz CT molecular complexity index is 1130. The average Bonchev–Trinajstić information content (AvgIpc) is 3.15. The van der Waals surface area contributed by atoms with Gasteiger partial charge in [0.2, 0.25) is 21.8 Å². The SMILES string of the molecule is COc1ccc(S(=O)(=O)NCc2ccc(N3CCCC(C)C3)cc2)cc1N1C(=O)CCC1=O. The fourth-order valence-electron chi connectivity index (χ4n) is 4.37. The lowest BCUT2D eigenvalue weighted by Crippen LogP contribution is -2.34. The van der Waals surface area contributed by atoms with Crippen LogP contribution in [0.25, 0.3) is 0 Å². The van der Waals surface area contributed by atoms with E-state index in [0.717, 1.165) is 29.2 Å². The van der Waals surface area contributed by atoms with E-state index in [9.17, 15) is 18.0 Å². The normalized spacial score (nSPS) is 19.3. The van der Waals surface area contributed by atoms with E-state index in [1.54, 1.807) is 0 Å². The Balaban J connectivity index is 1.48. The van der Waals surface area contributed by atoms with E-state index in [4.69, 9.17) is 4.74 Å². The maximum atomic E-state index is 12.9. The van der Waals surface area contributed by atoms with Crippen LogP contribution in [-0.4, -0.2) is 40.4 Å². The van der Waals surface area contributed by atoms with E-state index in [1.165, 1.54) is 38.2 Å². The molecule has 0 spiro atoms. The molecular weight excluding hydrogens is 442 g/mol. The number of benzene rings is 2. The zero-order valence-corrected chi connectivity index (χ0v) is 19.7. The first kappa shape index (κ1) is 23.3. The number of imide groups is 1. The van der Waals surface area contributed by atoms with Crippen LogP contribution in [-0.2, 0) is 26.2 Å². The number of sulfonamides is 1. The van der Waals surface area contributed by atoms with Gasteiger partial charge >= 0.3 is 0 Å². The van der Waals surface area contributed by atoms with Crippen molar-refractivity contribution in [3.63, 3.8) is 0 Å². The predicted molar refractivity (Wildman–Crippen MR) is 126 cm³/mol. The van der Waals surface area contributed by atoms with Crippen LogP contribution in [0, 0.1) is 5.92 Å². The summed E-state index contributed by atoms with van der Waals surface area (Å²) in [6.45, 7) is 4.46. The number of carbonyl (C=O) groups excluding carboxylic acids is 2. The van der Waals surface area contributed by atoms with Crippen LogP contribution in [0.15, 0.2) is 47.4 Å². The summed E-state index contributed by atoms with van der Waals surface area (Å²) in [7, 11) is -2.47. The fraction of sp³-hybridized carbons (Fsp3) is 0.417. The fourth-order valence-corrected chi connectivity index (χ4v) is 5.40. The van der Waals surface area contributed by atoms with Crippen molar-refractivity contribution >= 4 is 33.2 Å². The first-order chi connectivity index (χ1) is 15.8. The van der Waals surface area contributed by atoms with Crippen LogP contribution in [0.2, 0.25) is 0 Å². The summed E-state index contributed by atoms with van der Waals surface area (Å²) in [6.07, 6.45) is 2.64. The molecule has 2 aliphatic rings. The third-order valence-electron chi connectivity index (χ3n) is 6.18. The van der Waals surface area contributed by atoms with Crippen molar-refractivity contribution in [3.05, 3.63) is 48.0 Å². The van der Waals surface area contributed by atoms with Gasteiger partial charge < -0.3 is 9.64 Å². The van der Waals surface area contributed by atoms with Crippen molar-refractivity contribution in [2.24, 2.45) is 5.92 Å². The van der Waals surface area contributed by atoms with E-state index in [1.807, 2.05) is 24.3 Å². The molecule has 2 amide bonds. The monoisotopic (exact) mass is 471 g/mol. The molecule has 0 bridgehead atoms. The zero-order chi connectivity index (χ0) is 23.6. The van der Waals surface area contributed by atoms with Gasteiger partial charge in [-0.25, -0.2) is 18.0 Å². The lowest BCUT2D eigenvalue weighted by molar-refractivity contribution is -0.121. The highest BCUT2D eigenvalue weighted by atomic mass is 32.2. The highest BCUT2D eigenvalue weighted by Crippen LogP contribution is 2.34. The molecule has 2 aromatic carbocycles. The molecular formula is C24H29N3O5S. The van der Waals surface area contributed by atoms with Gasteiger partial charge in [0.1, 0.15) is 5.75 Å². The summed E-state index contributed by atoms with van der Waals surface area (Å²) in [5.74, 6) is 0.193. The molecule has 1 unspecified atom stereocenters. The number of piperidine rings is 1. The summed E-state index contributed by atoms with van der Waals surface area (Å²) in [6, 6.07) is 12.1. The summed E-state index contributed by atoms with van der Waals surface area (Å²) < 4.78 is 33.7. The number of nitrogens with one attached hydrogen (secondary N) is 1. The molecule has 1 N–H and O–H groups in total. The van der Waals surface area contributed by atoms with E-state index >= 15 is 0 Å². The zero-order valence-electron chi connectivity index (χ0n) is 18.9. The van der Waals surface area contributed by atoms with Crippen molar-refractivity contribution in [3.8, 4) is 5.75 Å². The Morgan fingerprint density at radius 3 is 2.39 bits per heavy atom. The summed E-state index contributed by atoms with van der Waals surface area (Å²) >= 11 is 0. The summed E-state index contributed by atoms with van der Waals surface area (Å²) in [5.41, 5.74) is 2.13. The van der Waals surface area contributed by atoms with Gasteiger partial charge in [-0.3, -0.25) is 9.59 Å². The van der Waals surface area contributed by atoms with Crippen molar-refractivity contribution in [2.45, 2.75) is 44.0 Å². The van der Waals surface area contributed by atoms with Gasteiger partial charge in [0.05, 0.1) is 17.7 Å². The topological polar surface area (TPSA) is 96.0 Å². The number of carbonyl (C=O) groups is 2. The smallest absolute Gasteiger partial charge is 0.240 e. The van der Waals surface area contributed by atoms with Crippen LogP contribution < -0.4 is 19.3 Å². The van der Waals surface area contributed by atoms with Gasteiger partial charge in [-0.1, -0.05) is 19.1 Å². The van der Waals surface area contributed by atoms with Crippen molar-refractivity contribution < 1.29 is 22.7 Å². The number of amides is 2. The minimum Gasteiger partial charge on any atom is -0.495 e. The number of hydrogen-bond acceptors (Lipinski definition) is 6. The predicted octanol–water partition coefficient (Wildman–Crippen LogP) is 3.06. The Morgan fingerprint density at radius 2 is 1.76 bits per heavy atom. The molecule has 2 heterocycles. The molecule has 8 nitrogen and oxygen atoms in total. The third kappa shape index (κ3) is 5.04. The van der Waals surface area contributed by atoms with Gasteiger partial charge in [-0.15, -0.1) is 0 Å². The summed E-state index contributed by atoms with van der Waals surface area (Å²) in [4.78, 5) is 27.7. The van der Waals surface area contributed by atoms with Gasteiger partial charge in [-0.2, -0.15) is 0 Å². The highest BCUT2D eigenvalue weighted by molar-refractivity contribution is 7.89. The van der Waals surface area contributed by atoms with Crippen molar-refractivity contribution in [2.75, 3.05) is 30.0 Å². The van der Waals surface area contributed by atoms with Gasteiger partial charge in [-0.05, 0) is 54.7 Å². The van der Waals surface area contributed by atoms with Crippen LogP contribution in [0.3, 0.4) is 0 Å². The van der Waals surface area contributed by atoms with E-state index in [2.05, 4.69) is 16.5 Å². The Labute approximate surface area is 194 Å². The number of rotatable bonds is 7. The molecule has 0 aromatic heterocycles. The minimum absolute atomic E-state index is 0.0373. The summed E-state index contributed by atoms with van der Waals surface area (Å²) in [5, 5.41) is 0. The van der Waals surface area contributed by atoms with Crippen molar-refractivity contribution in [1.82, 2.24) is 4.72 Å². The molecule has 0 aliphatic carbocycles. The maximum Gasteiger partial charge on any atom is 0.240 e. The Morgan fingerprint density at radius 1 is 1.06 bits per heavy atom. The maximum absolute atomic E-state index is 12.9. The molecule has 0 radical (unpaired) electrons. The Hall–Kier alpha value is -2.91. The van der Waals surface area contributed by atoms with Crippen LogP contribution >= 0.6 is 0 Å². The van der Waals surface area contributed by atoms with Gasteiger partial charge in [0.25, 0.3) is 0 Å². The molecule has 9 heteroatoms. The molecule has 2 saturated heterocycles. The Kier molecular flexibility index (Phi) is 6.71. The second-order valence-corrected chi connectivity index (χ2v) is 10.4. The van der Waals surface area contributed by atoms with Crippen molar-refractivity contribution in [1.29, 1.82) is 0 Å². The first-order valence-electron chi connectivity index (χ1n) is 11.2. The standard InChI is InChI=1S/C24H29N3O5S/c1-17-4-3-13-26(16-17)19-7-5-18(6-8-19)15-25-33(30,31)20-9-10-22(32-2)21(14-20)27-23(28)11-12-24(27)29/h5-10,14,17,25H,3-4,11-13,15-16H2,1-2H3. The molecule has 176 valence electrons. The third-order valence-corrected chi connectivity index (χ3v) is 7.58. The van der Waals surface area contributed by atoms with E-state index < -0.39 is 10.0 Å². The first-order valence-corrected chi connectivity index (χ1v) is 12.6. The van der Waals surface area contributed by atoms with Gasteiger partial charge in [0, 0.05) is 38.2 Å². The quantitative estimate of drug-likeness (QED) is 0.624. The molecule has 4 rings (SSSR count). The number of nitrogens with zero attached hydrogens (tertiary/aromatic N) is 2. The highest BCUT2D eigenvalue weighted by Gasteiger charge is 2.33. The number of ether oxygens (including phenoxy) is 1. The molecule has 1 atom stereocenters. The lowest BCUT2D eigenvalue weighted by atomic mass is 9.99. The number of hydrogen-bond donors (Lipinski definition) is 1. The number of anilines is 2. The van der Waals surface area contributed by atoms with Gasteiger partial charge in [0.15, 0.2) is 0 Å². The molecule has 2 aliphatic heterocycles. The molecule has 33 heavy (non-hydrogen) atoms. The van der Waals surface area contributed by atoms with E-state index in [0.29, 0.717) is 5.92 Å². The van der Waals surface area contributed by atoms with Crippen LogP contribution in [0.4, 0.5) is 11.4 Å². The van der Waals surface area contributed by atoms with E-state index in [-0.39, 0.29) is 47.5 Å². The molecule has 0 saturated carbocycles. The largest absolute Gasteiger partial charge is 0.495 e. The molecule has 2 fully saturated rings. The average molecular weight is 472 g/mol. The molecule has 2 aromatic rings. The minimum atomic E-state index is -3.87. The van der Waals surface area contributed by atoms with Crippen LogP contribution in [0.5, 0.6) is 5.75 Å².